The van der Waals surface area contributed by atoms with Crippen LogP contribution in [0.5, 0.6) is 0 Å². The molecule has 5 heteroatoms. The molecule has 0 fully saturated rings. The fraction of sp³-hybridized carbons (Fsp3) is 1.00. The summed E-state index contributed by atoms with van der Waals surface area (Å²) in [5.74, 6) is 0. The average Bonchev–Trinajstić information content (AvgIpc) is 2.63. The van der Waals surface area contributed by atoms with Crippen molar-refractivity contribution in [1.82, 2.24) is 0 Å². The van der Waals surface area contributed by atoms with Crippen LogP contribution >= 0.6 is 0 Å². The van der Waals surface area contributed by atoms with E-state index in [0.29, 0.717) is 13.2 Å². The zero-order valence-corrected chi connectivity index (χ0v) is 19.7. The van der Waals surface area contributed by atoms with Gasteiger partial charge in [-0.1, -0.05) is 91.9 Å². The van der Waals surface area contributed by atoms with Crippen molar-refractivity contribution >= 4 is 0 Å². The Balaban J connectivity index is -0.000000138. The molecule has 0 aromatic rings. The molecule has 26 heavy (non-hydrogen) atoms. The maximum atomic E-state index is 8.43. The van der Waals surface area contributed by atoms with Crippen LogP contribution in [0.3, 0.4) is 0 Å². The molecule has 0 unspecified atom stereocenters. The fourth-order valence-corrected chi connectivity index (χ4v) is 1.83. The number of hydrogen-bond acceptors (Lipinski definition) is 4. The number of aliphatic hydroxyl groups excluding tert-OH is 4. The van der Waals surface area contributed by atoms with Crippen LogP contribution in [-0.4, -0.2) is 46.9 Å². The second-order valence-corrected chi connectivity index (χ2v) is 7.46. The van der Waals surface area contributed by atoms with Gasteiger partial charge in [-0.15, -0.1) is 0 Å². The predicted molar refractivity (Wildman–Crippen MR) is 109 cm³/mol. The third-order valence-corrected chi connectivity index (χ3v) is 3.88. The number of rotatable bonds is 14. The van der Waals surface area contributed by atoms with Crippen LogP contribution in [-0.2, 0) is 21.7 Å². The molecule has 0 atom stereocenters. The molecule has 0 amide bonds. The van der Waals surface area contributed by atoms with E-state index in [9.17, 15) is 0 Å². The van der Waals surface area contributed by atoms with Gasteiger partial charge in [-0.3, -0.25) is 0 Å². The molecule has 0 bridgehead atoms. The standard InChI is InChI=1S/2C8H18O.C5H12O2.Ti/c2*1-2-3-4-5-6-7-8-9;1-5(2,3-6)4-7;/h2*9H,2-8H2,1H3;6-7H,3-4H2,1-2H3;. The molecule has 4 nitrogen and oxygen atoms in total. The summed E-state index contributed by atoms with van der Waals surface area (Å²) in [4.78, 5) is 0. The summed E-state index contributed by atoms with van der Waals surface area (Å²) in [6.07, 6.45) is 15.0. The van der Waals surface area contributed by atoms with Crippen LogP contribution in [0.15, 0.2) is 0 Å². The van der Waals surface area contributed by atoms with E-state index in [1.54, 1.807) is 13.8 Å². The van der Waals surface area contributed by atoms with Gasteiger partial charge in [0.1, 0.15) is 0 Å². The average molecular weight is 412 g/mol. The van der Waals surface area contributed by atoms with Gasteiger partial charge >= 0.3 is 0 Å². The van der Waals surface area contributed by atoms with Crippen LogP contribution in [0.2, 0.25) is 0 Å². The van der Waals surface area contributed by atoms with Crippen LogP contribution < -0.4 is 0 Å². The van der Waals surface area contributed by atoms with E-state index in [2.05, 4.69) is 13.8 Å². The molecule has 0 rings (SSSR count). The van der Waals surface area contributed by atoms with Crippen LogP contribution in [0, 0.1) is 5.41 Å². The first-order valence-corrected chi connectivity index (χ1v) is 10.4. The van der Waals surface area contributed by atoms with Crippen molar-refractivity contribution < 1.29 is 42.1 Å². The van der Waals surface area contributed by atoms with Gasteiger partial charge in [-0.2, -0.15) is 0 Å². The Hall–Kier alpha value is 0.554. The van der Waals surface area contributed by atoms with E-state index in [4.69, 9.17) is 20.4 Å². The minimum absolute atomic E-state index is 0. The molecular formula is C21H48O4Ti. The zero-order chi connectivity index (χ0) is 19.8. The minimum Gasteiger partial charge on any atom is -0.396 e. The second kappa shape index (κ2) is 30.3. The number of hydrogen-bond donors (Lipinski definition) is 4. The van der Waals surface area contributed by atoms with Gasteiger partial charge in [-0.25, -0.2) is 0 Å². The normalized spacial score (nSPS) is 10.2. The van der Waals surface area contributed by atoms with Crippen molar-refractivity contribution in [2.45, 2.75) is 105 Å². The van der Waals surface area contributed by atoms with E-state index < -0.39 is 0 Å². The van der Waals surface area contributed by atoms with Crippen LogP contribution in [0.4, 0.5) is 0 Å². The molecule has 0 saturated heterocycles. The van der Waals surface area contributed by atoms with Crippen molar-refractivity contribution in [2.24, 2.45) is 5.41 Å². The van der Waals surface area contributed by atoms with Crippen molar-refractivity contribution in [1.29, 1.82) is 0 Å². The van der Waals surface area contributed by atoms with Crippen LogP contribution in [0.1, 0.15) is 105 Å². The van der Waals surface area contributed by atoms with Crippen molar-refractivity contribution in [2.75, 3.05) is 26.4 Å². The van der Waals surface area contributed by atoms with E-state index in [0.717, 1.165) is 12.8 Å². The molecule has 0 spiro atoms. The molecule has 0 aliphatic carbocycles. The van der Waals surface area contributed by atoms with E-state index >= 15 is 0 Å². The molecule has 0 aliphatic heterocycles. The predicted octanol–water partition coefficient (Wildman–Crippen LogP) is 4.67. The maximum Gasteiger partial charge on any atom is 0.0504 e. The maximum absolute atomic E-state index is 8.43. The molecule has 4 N–H and O–H groups in total. The van der Waals surface area contributed by atoms with Crippen LogP contribution in [0.25, 0.3) is 0 Å². The first-order chi connectivity index (χ1) is 11.9. The topological polar surface area (TPSA) is 80.9 Å². The van der Waals surface area contributed by atoms with Gasteiger partial charge in [0.05, 0.1) is 13.2 Å². The summed E-state index contributed by atoms with van der Waals surface area (Å²) in [5, 5.41) is 33.7. The Morgan fingerprint density at radius 2 is 0.769 bits per heavy atom. The Labute approximate surface area is 178 Å². The fourth-order valence-electron chi connectivity index (χ4n) is 1.83. The molecule has 0 aromatic carbocycles. The Kier molecular flexibility index (Phi) is 39.7. The molecule has 160 valence electrons. The van der Waals surface area contributed by atoms with E-state index in [-0.39, 0.29) is 40.3 Å². The van der Waals surface area contributed by atoms with Gasteiger partial charge in [0.2, 0.25) is 0 Å². The molecule has 0 aliphatic rings. The smallest absolute Gasteiger partial charge is 0.0504 e. The Morgan fingerprint density at radius 1 is 0.500 bits per heavy atom. The van der Waals surface area contributed by atoms with Crippen molar-refractivity contribution in [3.63, 3.8) is 0 Å². The second-order valence-electron chi connectivity index (χ2n) is 7.46. The molecule has 0 heterocycles. The third kappa shape index (κ3) is 39.6. The van der Waals surface area contributed by atoms with E-state index in [1.807, 2.05) is 0 Å². The molecule has 0 radical (unpaired) electrons. The summed E-state index contributed by atoms with van der Waals surface area (Å²) >= 11 is 0. The molecule has 0 saturated carbocycles. The Bertz CT molecular complexity index is 182. The first kappa shape index (κ1) is 34.1. The van der Waals surface area contributed by atoms with Crippen molar-refractivity contribution in [3.8, 4) is 0 Å². The SMILES string of the molecule is CC(C)(CO)CO.CCCCCCCCO.CCCCCCCCO.[Ti]. The zero-order valence-electron chi connectivity index (χ0n) is 18.1. The summed E-state index contributed by atoms with van der Waals surface area (Å²) in [6, 6.07) is 0. The summed E-state index contributed by atoms with van der Waals surface area (Å²) in [6.45, 7) is 8.85. The quantitative estimate of drug-likeness (QED) is 0.247. The Morgan fingerprint density at radius 3 is 0.962 bits per heavy atom. The van der Waals surface area contributed by atoms with Gasteiger partial charge in [0.25, 0.3) is 0 Å². The van der Waals surface area contributed by atoms with Crippen molar-refractivity contribution in [3.05, 3.63) is 0 Å². The number of unbranched alkanes of at least 4 members (excludes halogenated alkanes) is 10. The van der Waals surface area contributed by atoms with Gasteiger partial charge in [0.15, 0.2) is 0 Å². The van der Waals surface area contributed by atoms with Gasteiger partial charge < -0.3 is 20.4 Å². The first-order valence-electron chi connectivity index (χ1n) is 10.4. The third-order valence-electron chi connectivity index (χ3n) is 3.88. The monoisotopic (exact) mass is 412 g/mol. The number of aliphatic hydroxyl groups is 4. The summed E-state index contributed by atoms with van der Waals surface area (Å²) in [5.41, 5.74) is -0.306. The largest absolute Gasteiger partial charge is 0.396 e. The molecular weight excluding hydrogens is 364 g/mol. The van der Waals surface area contributed by atoms with Gasteiger partial charge in [0, 0.05) is 40.3 Å². The summed E-state index contributed by atoms with van der Waals surface area (Å²) in [7, 11) is 0. The van der Waals surface area contributed by atoms with E-state index in [1.165, 1.54) is 64.2 Å². The van der Waals surface area contributed by atoms with Gasteiger partial charge in [-0.05, 0) is 12.8 Å². The summed E-state index contributed by atoms with van der Waals surface area (Å²) < 4.78 is 0. The minimum atomic E-state index is -0.306. The molecule has 0 aromatic heterocycles.